The van der Waals surface area contributed by atoms with Gasteiger partial charge in [-0.05, 0) is 36.9 Å². The van der Waals surface area contributed by atoms with Crippen LogP contribution in [0, 0.1) is 11.3 Å². The van der Waals surface area contributed by atoms with Gasteiger partial charge < -0.3 is 10.4 Å². The number of hydrogen-bond acceptors (Lipinski definition) is 2. The van der Waals surface area contributed by atoms with E-state index in [0.717, 1.165) is 19.5 Å². The summed E-state index contributed by atoms with van der Waals surface area (Å²) in [5, 5.41) is 13.0. The van der Waals surface area contributed by atoms with Crippen LogP contribution in [0.1, 0.15) is 17.9 Å². The van der Waals surface area contributed by atoms with Gasteiger partial charge in [-0.2, -0.15) is 0 Å². The topological polar surface area (TPSA) is 32.3 Å². The normalized spacial score (nSPS) is 38.5. The molecular formula is C13H17NO. The molecule has 1 heterocycles. The van der Waals surface area contributed by atoms with Gasteiger partial charge in [-0.1, -0.05) is 30.3 Å². The monoisotopic (exact) mass is 203 g/mol. The molecule has 0 spiro atoms. The van der Waals surface area contributed by atoms with E-state index in [1.54, 1.807) is 0 Å². The molecule has 0 aromatic heterocycles. The van der Waals surface area contributed by atoms with Gasteiger partial charge in [-0.25, -0.2) is 0 Å². The van der Waals surface area contributed by atoms with Crippen molar-refractivity contribution in [2.45, 2.75) is 12.3 Å². The molecule has 80 valence electrons. The van der Waals surface area contributed by atoms with E-state index in [4.69, 9.17) is 0 Å². The van der Waals surface area contributed by atoms with Gasteiger partial charge in [0.15, 0.2) is 0 Å². The highest BCUT2D eigenvalue weighted by atomic mass is 16.3. The second kappa shape index (κ2) is 3.32. The highest BCUT2D eigenvalue weighted by Crippen LogP contribution is 2.67. The molecule has 0 radical (unpaired) electrons. The Morgan fingerprint density at radius 2 is 2.13 bits per heavy atom. The van der Waals surface area contributed by atoms with Crippen molar-refractivity contribution in [2.24, 2.45) is 11.3 Å². The summed E-state index contributed by atoms with van der Waals surface area (Å²) in [5.41, 5.74) is 1.60. The lowest BCUT2D eigenvalue weighted by atomic mass is 9.94. The van der Waals surface area contributed by atoms with E-state index in [1.807, 2.05) is 0 Å². The minimum Gasteiger partial charge on any atom is -0.396 e. The van der Waals surface area contributed by atoms with Gasteiger partial charge in [-0.3, -0.25) is 0 Å². The predicted molar refractivity (Wildman–Crippen MR) is 59.7 cm³/mol. The van der Waals surface area contributed by atoms with Crippen molar-refractivity contribution in [3.05, 3.63) is 35.9 Å². The lowest BCUT2D eigenvalue weighted by molar-refractivity contribution is 0.173. The minimum atomic E-state index is 0.201. The first-order valence-electron chi connectivity index (χ1n) is 5.75. The van der Waals surface area contributed by atoms with Crippen LogP contribution >= 0.6 is 0 Å². The van der Waals surface area contributed by atoms with Gasteiger partial charge in [0, 0.05) is 12.0 Å². The highest BCUT2D eigenvalue weighted by Gasteiger charge is 2.64. The Morgan fingerprint density at radius 1 is 1.33 bits per heavy atom. The summed E-state index contributed by atoms with van der Waals surface area (Å²) in [6.07, 6.45) is 1.12. The second-order valence-corrected chi connectivity index (χ2v) is 4.84. The van der Waals surface area contributed by atoms with Crippen molar-refractivity contribution in [1.82, 2.24) is 5.32 Å². The molecule has 15 heavy (non-hydrogen) atoms. The summed E-state index contributed by atoms with van der Waals surface area (Å²) < 4.78 is 0. The molecule has 0 amide bonds. The van der Waals surface area contributed by atoms with Crippen molar-refractivity contribution < 1.29 is 5.11 Å². The maximum Gasteiger partial charge on any atom is 0.0497 e. The Labute approximate surface area is 90.3 Å². The smallest absolute Gasteiger partial charge is 0.0497 e. The molecule has 1 saturated heterocycles. The summed E-state index contributed by atoms with van der Waals surface area (Å²) in [7, 11) is 0. The maximum absolute atomic E-state index is 9.60. The lowest BCUT2D eigenvalue weighted by Gasteiger charge is -2.20. The Morgan fingerprint density at radius 3 is 2.80 bits per heavy atom. The number of fused-ring (bicyclic) bond motifs is 1. The van der Waals surface area contributed by atoms with Gasteiger partial charge >= 0.3 is 0 Å². The maximum atomic E-state index is 9.60. The van der Waals surface area contributed by atoms with Crippen molar-refractivity contribution in [1.29, 1.82) is 0 Å². The number of benzene rings is 1. The fraction of sp³-hybridized carbons (Fsp3) is 0.538. The summed E-state index contributed by atoms with van der Waals surface area (Å²) in [4.78, 5) is 0. The Bertz CT molecular complexity index is 351. The molecule has 3 atom stereocenters. The SMILES string of the molecule is OC[C@@]12CCNC[C@@H]1[C@H]2c1ccccc1. The molecule has 2 aliphatic rings. The largest absolute Gasteiger partial charge is 0.396 e. The zero-order chi connectivity index (χ0) is 10.3. The molecule has 1 aliphatic heterocycles. The third kappa shape index (κ3) is 1.25. The first kappa shape index (κ1) is 9.37. The number of aliphatic hydroxyl groups is 1. The van der Waals surface area contributed by atoms with E-state index >= 15 is 0 Å². The Balaban J connectivity index is 1.90. The predicted octanol–water partition coefficient (Wildman–Crippen LogP) is 1.37. The van der Waals surface area contributed by atoms with Crippen LogP contribution in [0.4, 0.5) is 0 Å². The van der Waals surface area contributed by atoms with E-state index in [0.29, 0.717) is 18.4 Å². The van der Waals surface area contributed by atoms with Crippen molar-refractivity contribution in [3.8, 4) is 0 Å². The summed E-state index contributed by atoms with van der Waals surface area (Å²) in [6.45, 7) is 2.47. The van der Waals surface area contributed by atoms with Crippen molar-refractivity contribution >= 4 is 0 Å². The summed E-state index contributed by atoms with van der Waals surface area (Å²) in [6, 6.07) is 10.6. The fourth-order valence-corrected chi connectivity index (χ4v) is 3.34. The molecule has 1 aliphatic carbocycles. The van der Waals surface area contributed by atoms with Crippen molar-refractivity contribution in [3.63, 3.8) is 0 Å². The van der Waals surface area contributed by atoms with E-state index < -0.39 is 0 Å². The zero-order valence-electron chi connectivity index (χ0n) is 8.82. The molecule has 2 fully saturated rings. The van der Waals surface area contributed by atoms with Crippen LogP contribution in [0.15, 0.2) is 30.3 Å². The molecule has 0 bridgehead atoms. The van der Waals surface area contributed by atoms with E-state index in [-0.39, 0.29) is 5.41 Å². The molecule has 3 rings (SSSR count). The number of aliphatic hydroxyl groups excluding tert-OH is 1. The Hall–Kier alpha value is -0.860. The fourth-order valence-electron chi connectivity index (χ4n) is 3.34. The summed E-state index contributed by atoms with van der Waals surface area (Å²) in [5.74, 6) is 1.23. The lowest BCUT2D eigenvalue weighted by Crippen LogP contribution is -2.31. The highest BCUT2D eigenvalue weighted by molar-refractivity contribution is 5.34. The van der Waals surface area contributed by atoms with Gasteiger partial charge in [0.05, 0.1) is 0 Å². The van der Waals surface area contributed by atoms with Gasteiger partial charge in [0.25, 0.3) is 0 Å². The van der Waals surface area contributed by atoms with Crippen LogP contribution in [0.2, 0.25) is 0 Å². The van der Waals surface area contributed by atoms with Gasteiger partial charge in [0.1, 0.15) is 0 Å². The van der Waals surface area contributed by atoms with E-state index in [2.05, 4.69) is 35.6 Å². The molecular weight excluding hydrogens is 186 g/mol. The first-order valence-corrected chi connectivity index (χ1v) is 5.75. The number of nitrogens with one attached hydrogen (secondary N) is 1. The molecule has 1 saturated carbocycles. The number of rotatable bonds is 2. The average molecular weight is 203 g/mol. The first-order chi connectivity index (χ1) is 7.38. The molecule has 2 heteroatoms. The van der Waals surface area contributed by atoms with Gasteiger partial charge in [0.2, 0.25) is 0 Å². The van der Waals surface area contributed by atoms with Crippen LogP contribution < -0.4 is 5.32 Å². The third-order valence-electron chi connectivity index (χ3n) is 4.24. The average Bonchev–Trinajstić information content (AvgIpc) is 3.00. The molecule has 1 aromatic rings. The second-order valence-electron chi connectivity index (χ2n) is 4.84. The minimum absolute atomic E-state index is 0.201. The quantitative estimate of drug-likeness (QED) is 0.761. The number of piperidine rings is 1. The van der Waals surface area contributed by atoms with Crippen LogP contribution in [0.3, 0.4) is 0 Å². The van der Waals surface area contributed by atoms with Crippen LogP contribution in [0.25, 0.3) is 0 Å². The summed E-state index contributed by atoms with van der Waals surface area (Å²) >= 11 is 0. The van der Waals surface area contributed by atoms with Crippen LogP contribution in [-0.2, 0) is 0 Å². The van der Waals surface area contributed by atoms with E-state index in [9.17, 15) is 5.11 Å². The molecule has 0 unspecified atom stereocenters. The third-order valence-corrected chi connectivity index (χ3v) is 4.24. The Kier molecular flexibility index (Phi) is 2.08. The van der Waals surface area contributed by atoms with Crippen LogP contribution in [-0.4, -0.2) is 24.8 Å². The molecule has 2 nitrogen and oxygen atoms in total. The van der Waals surface area contributed by atoms with Crippen LogP contribution in [0.5, 0.6) is 0 Å². The molecule has 1 aromatic carbocycles. The number of hydrogen-bond donors (Lipinski definition) is 2. The van der Waals surface area contributed by atoms with Crippen molar-refractivity contribution in [2.75, 3.05) is 19.7 Å². The standard InChI is InChI=1S/C13H17NO/c15-9-13-6-7-14-8-11(13)12(13)10-4-2-1-3-5-10/h1-5,11-12,14-15H,6-9H2/t11-,12-,13+/m1/s1. The van der Waals surface area contributed by atoms with E-state index in [1.165, 1.54) is 5.56 Å². The molecule has 2 N–H and O–H groups in total. The van der Waals surface area contributed by atoms with Gasteiger partial charge in [-0.15, -0.1) is 0 Å². The zero-order valence-corrected chi connectivity index (χ0v) is 8.82.